The first-order valence-electron chi connectivity index (χ1n) is 13.2. The van der Waals surface area contributed by atoms with E-state index < -0.39 is 6.10 Å². The first kappa shape index (κ1) is 25.4. The lowest BCUT2D eigenvalue weighted by atomic mass is 9.90. The van der Waals surface area contributed by atoms with Crippen LogP contribution in [0.3, 0.4) is 0 Å². The van der Waals surface area contributed by atoms with Gasteiger partial charge < -0.3 is 9.84 Å². The number of hydrogen-bond donors (Lipinski definition) is 1. The second-order valence-electron chi connectivity index (χ2n) is 10.0. The Balaban J connectivity index is 1.23. The standard InChI is InChI=1S/C33H34O3S/c1-2-36-31(35)23-33(20-21-33)28-17-15-26(16-18-28)25-11-13-27(14-12-25)29-19-22-37-32(29)30(34)10-6-9-24-7-4-3-5-8-24/h3-5,7-8,11-19,22,30,34H,2,6,9-10,20-21,23H2,1H3. The molecule has 0 radical (unpaired) electrons. The van der Waals surface area contributed by atoms with Gasteiger partial charge in [0.25, 0.3) is 0 Å². The van der Waals surface area contributed by atoms with Crippen molar-refractivity contribution in [2.75, 3.05) is 6.61 Å². The summed E-state index contributed by atoms with van der Waals surface area (Å²) in [5.74, 6) is -0.103. The van der Waals surface area contributed by atoms with Crippen LogP contribution >= 0.6 is 11.3 Å². The average molecular weight is 511 g/mol. The zero-order valence-corrected chi connectivity index (χ0v) is 22.2. The van der Waals surface area contributed by atoms with E-state index in [1.165, 1.54) is 11.1 Å². The van der Waals surface area contributed by atoms with Gasteiger partial charge in [0.2, 0.25) is 0 Å². The van der Waals surface area contributed by atoms with Crippen LogP contribution in [0.4, 0.5) is 0 Å². The van der Waals surface area contributed by atoms with E-state index in [-0.39, 0.29) is 11.4 Å². The maximum absolute atomic E-state index is 12.0. The Bertz CT molecular complexity index is 1300. The van der Waals surface area contributed by atoms with Crippen LogP contribution in [0.5, 0.6) is 0 Å². The number of benzene rings is 3. The highest BCUT2D eigenvalue weighted by atomic mass is 32.1. The molecule has 1 heterocycles. The molecule has 1 unspecified atom stereocenters. The molecular formula is C33H34O3S. The van der Waals surface area contributed by atoms with Gasteiger partial charge in [-0.15, -0.1) is 11.3 Å². The van der Waals surface area contributed by atoms with E-state index >= 15 is 0 Å². The Morgan fingerprint density at radius 1 is 0.919 bits per heavy atom. The highest BCUT2D eigenvalue weighted by molar-refractivity contribution is 7.10. The Kier molecular flexibility index (Phi) is 7.87. The van der Waals surface area contributed by atoms with Crippen LogP contribution in [0.25, 0.3) is 22.3 Å². The summed E-state index contributed by atoms with van der Waals surface area (Å²) in [4.78, 5) is 13.1. The normalized spacial score (nSPS) is 14.8. The van der Waals surface area contributed by atoms with E-state index in [9.17, 15) is 9.90 Å². The van der Waals surface area contributed by atoms with E-state index in [0.29, 0.717) is 13.0 Å². The number of ether oxygens (including phenoxy) is 1. The van der Waals surface area contributed by atoms with E-state index in [4.69, 9.17) is 4.74 Å². The number of aliphatic hydroxyl groups is 1. The van der Waals surface area contributed by atoms with E-state index in [1.807, 2.05) is 13.0 Å². The largest absolute Gasteiger partial charge is 0.466 e. The van der Waals surface area contributed by atoms with Crippen molar-refractivity contribution in [2.24, 2.45) is 0 Å². The molecule has 190 valence electrons. The van der Waals surface area contributed by atoms with Gasteiger partial charge in [-0.25, -0.2) is 0 Å². The molecule has 1 fully saturated rings. The van der Waals surface area contributed by atoms with Crippen LogP contribution < -0.4 is 0 Å². The van der Waals surface area contributed by atoms with Crippen molar-refractivity contribution in [1.82, 2.24) is 0 Å². The molecule has 1 atom stereocenters. The predicted octanol–water partition coefficient (Wildman–Crippen LogP) is 8.12. The molecule has 37 heavy (non-hydrogen) atoms. The van der Waals surface area contributed by atoms with Crippen LogP contribution in [0.2, 0.25) is 0 Å². The van der Waals surface area contributed by atoms with Gasteiger partial charge in [0, 0.05) is 10.3 Å². The average Bonchev–Trinajstić information content (AvgIpc) is 3.53. The lowest BCUT2D eigenvalue weighted by Gasteiger charge is -2.15. The molecule has 3 nitrogen and oxygen atoms in total. The summed E-state index contributed by atoms with van der Waals surface area (Å²) >= 11 is 1.63. The molecule has 3 aromatic carbocycles. The minimum atomic E-state index is -0.449. The lowest BCUT2D eigenvalue weighted by Crippen LogP contribution is -2.15. The van der Waals surface area contributed by atoms with Crippen LogP contribution in [-0.2, 0) is 21.4 Å². The van der Waals surface area contributed by atoms with Crippen molar-refractivity contribution in [3.8, 4) is 22.3 Å². The van der Waals surface area contributed by atoms with Gasteiger partial charge in [-0.3, -0.25) is 4.79 Å². The van der Waals surface area contributed by atoms with E-state index in [0.717, 1.165) is 59.2 Å². The van der Waals surface area contributed by atoms with Gasteiger partial charge in [0.1, 0.15) is 0 Å². The predicted molar refractivity (Wildman–Crippen MR) is 152 cm³/mol. The highest BCUT2D eigenvalue weighted by Crippen LogP contribution is 2.51. The molecule has 1 N–H and O–H groups in total. The smallest absolute Gasteiger partial charge is 0.306 e. The van der Waals surface area contributed by atoms with Crippen molar-refractivity contribution in [1.29, 1.82) is 0 Å². The molecule has 4 aromatic rings. The second-order valence-corrected chi connectivity index (χ2v) is 11.0. The van der Waals surface area contributed by atoms with Crippen molar-refractivity contribution in [3.63, 3.8) is 0 Å². The Hall–Kier alpha value is -3.21. The number of rotatable bonds is 11. The summed E-state index contributed by atoms with van der Waals surface area (Å²) in [6, 6.07) is 29.8. The molecule has 5 rings (SSSR count). The van der Waals surface area contributed by atoms with Gasteiger partial charge in [0.05, 0.1) is 19.1 Å². The SMILES string of the molecule is CCOC(=O)CC1(c2ccc(-c3ccc(-c4ccsc4C(O)CCCc4ccccc4)cc3)cc2)CC1. The molecule has 1 aliphatic rings. The summed E-state index contributed by atoms with van der Waals surface area (Å²) in [5.41, 5.74) is 7.07. The van der Waals surface area contributed by atoms with Gasteiger partial charge in [-0.1, -0.05) is 78.9 Å². The lowest BCUT2D eigenvalue weighted by molar-refractivity contribution is -0.143. The van der Waals surface area contributed by atoms with Crippen molar-refractivity contribution in [3.05, 3.63) is 106 Å². The Labute approximate surface area is 223 Å². The van der Waals surface area contributed by atoms with Crippen molar-refractivity contribution in [2.45, 2.75) is 57.0 Å². The molecule has 1 aromatic heterocycles. The minimum absolute atomic E-state index is 0.0358. The first-order chi connectivity index (χ1) is 18.1. The van der Waals surface area contributed by atoms with E-state index in [1.54, 1.807) is 11.3 Å². The number of hydrogen-bond acceptors (Lipinski definition) is 4. The fourth-order valence-electron chi connectivity index (χ4n) is 5.16. The highest BCUT2D eigenvalue weighted by Gasteiger charge is 2.46. The molecule has 1 aliphatic carbocycles. The van der Waals surface area contributed by atoms with Crippen LogP contribution in [0.15, 0.2) is 90.3 Å². The number of aryl methyl sites for hydroxylation is 1. The fourth-order valence-corrected chi connectivity index (χ4v) is 6.10. The quantitative estimate of drug-likeness (QED) is 0.207. The van der Waals surface area contributed by atoms with Crippen molar-refractivity contribution >= 4 is 17.3 Å². The third kappa shape index (κ3) is 6.03. The summed E-state index contributed by atoms with van der Waals surface area (Å²) in [7, 11) is 0. The number of esters is 1. The maximum Gasteiger partial charge on any atom is 0.306 e. The Morgan fingerprint density at radius 2 is 1.57 bits per heavy atom. The fraction of sp³-hybridized carbons (Fsp3) is 0.303. The van der Waals surface area contributed by atoms with Gasteiger partial charge in [-0.2, -0.15) is 0 Å². The molecular weight excluding hydrogens is 476 g/mol. The summed E-state index contributed by atoms with van der Waals surface area (Å²) < 4.78 is 5.18. The van der Waals surface area contributed by atoms with Gasteiger partial charge in [0.15, 0.2) is 0 Å². The number of thiophene rings is 1. The summed E-state index contributed by atoms with van der Waals surface area (Å²) in [6.45, 7) is 2.29. The maximum atomic E-state index is 12.0. The molecule has 0 amide bonds. The molecule has 1 saturated carbocycles. The third-order valence-electron chi connectivity index (χ3n) is 7.45. The van der Waals surface area contributed by atoms with Gasteiger partial charge >= 0.3 is 5.97 Å². The zero-order valence-electron chi connectivity index (χ0n) is 21.4. The summed E-state index contributed by atoms with van der Waals surface area (Å²) in [5, 5.41) is 13.0. The van der Waals surface area contributed by atoms with Crippen molar-refractivity contribution < 1.29 is 14.6 Å². The number of aliphatic hydroxyl groups excluding tert-OH is 1. The monoisotopic (exact) mass is 510 g/mol. The number of carbonyl (C=O) groups excluding carboxylic acids is 1. The zero-order chi connectivity index (χ0) is 25.7. The minimum Gasteiger partial charge on any atom is -0.466 e. The molecule has 0 bridgehead atoms. The topological polar surface area (TPSA) is 46.5 Å². The van der Waals surface area contributed by atoms with E-state index in [2.05, 4.69) is 84.2 Å². The van der Waals surface area contributed by atoms with Crippen LogP contribution in [0.1, 0.15) is 61.1 Å². The molecule has 0 aliphatic heterocycles. The molecule has 0 spiro atoms. The van der Waals surface area contributed by atoms with Gasteiger partial charge in [-0.05, 0) is 83.9 Å². The number of carbonyl (C=O) groups is 1. The Morgan fingerprint density at radius 3 is 2.22 bits per heavy atom. The second kappa shape index (κ2) is 11.5. The van der Waals surface area contributed by atoms with Crippen LogP contribution in [-0.4, -0.2) is 17.7 Å². The molecule has 4 heteroatoms. The summed E-state index contributed by atoms with van der Waals surface area (Å²) in [6.07, 6.45) is 4.80. The van der Waals surface area contributed by atoms with Crippen LogP contribution in [0, 0.1) is 0 Å². The molecule has 0 saturated heterocycles. The third-order valence-corrected chi connectivity index (χ3v) is 8.47. The first-order valence-corrected chi connectivity index (χ1v) is 14.1.